The van der Waals surface area contributed by atoms with Crippen molar-refractivity contribution in [1.82, 2.24) is 0 Å². The third-order valence-electron chi connectivity index (χ3n) is 5.77. The van der Waals surface area contributed by atoms with Crippen molar-refractivity contribution >= 4 is 8.56 Å². The summed E-state index contributed by atoms with van der Waals surface area (Å²) in [6, 6.07) is 0. The van der Waals surface area contributed by atoms with Crippen molar-refractivity contribution in [2.45, 2.75) is 103 Å². The summed E-state index contributed by atoms with van der Waals surface area (Å²) in [6.07, 6.45) is 12.0. The third kappa shape index (κ3) is 5.30. The molecule has 0 aromatic heterocycles. The third-order valence-corrected chi connectivity index (χ3v) is 10.5. The van der Waals surface area contributed by atoms with E-state index in [1.165, 1.54) is 51.4 Å². The minimum Gasteiger partial charge on any atom is -0.394 e. The predicted molar refractivity (Wildman–Crippen MR) is 101 cm³/mol. The summed E-state index contributed by atoms with van der Waals surface area (Å²) in [6.45, 7) is 13.3. The van der Waals surface area contributed by atoms with Crippen molar-refractivity contribution < 1.29 is 8.85 Å². The van der Waals surface area contributed by atoms with E-state index in [9.17, 15) is 0 Å². The first kappa shape index (κ1) is 19.5. The zero-order chi connectivity index (χ0) is 16.9. The summed E-state index contributed by atoms with van der Waals surface area (Å²) in [5.41, 5.74) is 1.71. The number of hydrogen-bond acceptors (Lipinski definition) is 2. The fraction of sp³-hybridized carbons (Fsp3) is 1.00. The normalized spacial score (nSPS) is 29.6. The Morgan fingerprint density at radius 2 is 1.43 bits per heavy atom. The van der Waals surface area contributed by atoms with E-state index in [0.29, 0.717) is 0 Å². The summed E-state index contributed by atoms with van der Waals surface area (Å²) in [7, 11) is -2.12. The smallest absolute Gasteiger partial charge is 0.344 e. The summed E-state index contributed by atoms with van der Waals surface area (Å²) < 4.78 is 13.6. The van der Waals surface area contributed by atoms with Gasteiger partial charge in [0.15, 0.2) is 0 Å². The quantitative estimate of drug-likeness (QED) is 0.496. The van der Waals surface area contributed by atoms with Gasteiger partial charge in [0.2, 0.25) is 0 Å². The Bertz CT molecular complexity index is 338. The Balaban J connectivity index is 2.20. The van der Waals surface area contributed by atoms with E-state index in [1.54, 1.807) is 0 Å². The van der Waals surface area contributed by atoms with E-state index >= 15 is 0 Å². The van der Waals surface area contributed by atoms with Gasteiger partial charge in [0.05, 0.1) is 0 Å². The molecule has 2 fully saturated rings. The van der Waals surface area contributed by atoms with Gasteiger partial charge < -0.3 is 8.85 Å². The Morgan fingerprint density at radius 1 is 0.870 bits per heavy atom. The second kappa shape index (κ2) is 8.49. The second-order valence-electron chi connectivity index (χ2n) is 9.36. The van der Waals surface area contributed by atoms with Crippen LogP contribution in [0.4, 0.5) is 0 Å². The van der Waals surface area contributed by atoms with Crippen LogP contribution < -0.4 is 0 Å². The van der Waals surface area contributed by atoms with E-state index in [0.717, 1.165) is 36.6 Å². The lowest BCUT2D eigenvalue weighted by atomic mass is 9.90. The largest absolute Gasteiger partial charge is 0.394 e. The lowest BCUT2D eigenvalue weighted by Gasteiger charge is -2.45. The Kier molecular flexibility index (Phi) is 7.18. The predicted octanol–water partition coefficient (Wildman–Crippen LogP) is 6.44. The van der Waals surface area contributed by atoms with E-state index in [1.807, 2.05) is 0 Å². The first-order valence-corrected chi connectivity index (χ1v) is 12.1. The monoisotopic (exact) mass is 340 g/mol. The zero-order valence-corrected chi connectivity index (χ0v) is 17.3. The second-order valence-corrected chi connectivity index (χ2v) is 13.0. The maximum atomic E-state index is 6.87. The van der Waals surface area contributed by atoms with Crippen LogP contribution in [0.25, 0.3) is 0 Å². The summed E-state index contributed by atoms with van der Waals surface area (Å²) >= 11 is 0. The van der Waals surface area contributed by atoms with Crippen LogP contribution in [0.15, 0.2) is 0 Å². The molecule has 0 amide bonds. The van der Waals surface area contributed by atoms with Crippen molar-refractivity contribution in [3.63, 3.8) is 0 Å². The zero-order valence-electron chi connectivity index (χ0n) is 16.3. The molecule has 2 nitrogen and oxygen atoms in total. The lowest BCUT2D eigenvalue weighted by molar-refractivity contribution is 0.0982. The summed E-state index contributed by atoms with van der Waals surface area (Å²) in [5.74, 6) is 0.898. The van der Waals surface area contributed by atoms with Gasteiger partial charge in [-0.05, 0) is 43.4 Å². The van der Waals surface area contributed by atoms with E-state index in [-0.39, 0.29) is 5.41 Å². The molecule has 1 unspecified atom stereocenters. The fourth-order valence-corrected chi connectivity index (χ4v) is 9.65. The average Bonchev–Trinajstić information content (AvgIpc) is 3.03. The van der Waals surface area contributed by atoms with E-state index in [2.05, 4.69) is 34.6 Å². The fourth-order valence-electron chi connectivity index (χ4n) is 4.43. The van der Waals surface area contributed by atoms with Crippen LogP contribution in [0.1, 0.15) is 92.4 Å². The van der Waals surface area contributed by atoms with Crippen molar-refractivity contribution in [1.29, 1.82) is 0 Å². The molecule has 136 valence electrons. The molecule has 0 aromatic carbocycles. The molecule has 3 heteroatoms. The van der Waals surface area contributed by atoms with Crippen LogP contribution in [0.5, 0.6) is 0 Å². The highest BCUT2D eigenvalue weighted by Gasteiger charge is 2.53. The van der Waals surface area contributed by atoms with Gasteiger partial charge in [-0.1, -0.05) is 60.3 Å². The van der Waals surface area contributed by atoms with E-state index < -0.39 is 8.56 Å². The molecular weight excluding hydrogens is 300 g/mol. The van der Waals surface area contributed by atoms with Gasteiger partial charge in [-0.3, -0.25) is 0 Å². The highest BCUT2D eigenvalue weighted by Crippen LogP contribution is 2.51. The Hall–Kier alpha value is 0.137. The molecule has 0 spiro atoms. The Labute approximate surface area is 146 Å². The van der Waals surface area contributed by atoms with Gasteiger partial charge in [-0.25, -0.2) is 0 Å². The molecule has 0 aliphatic heterocycles. The molecule has 0 saturated heterocycles. The molecule has 0 bridgehead atoms. The maximum absolute atomic E-state index is 6.87. The molecule has 2 saturated carbocycles. The number of hydrogen-bond donors (Lipinski definition) is 0. The van der Waals surface area contributed by atoms with Gasteiger partial charge in [-0.2, -0.15) is 0 Å². The number of rotatable bonds is 7. The van der Waals surface area contributed by atoms with Crippen LogP contribution in [-0.2, 0) is 8.85 Å². The van der Waals surface area contributed by atoms with Crippen LogP contribution in [0.2, 0.25) is 11.1 Å². The van der Waals surface area contributed by atoms with Crippen molar-refractivity contribution in [2.75, 3.05) is 13.2 Å². The molecule has 1 atom stereocenters. The molecule has 23 heavy (non-hydrogen) atoms. The highest BCUT2D eigenvalue weighted by atomic mass is 28.4. The first-order valence-electron chi connectivity index (χ1n) is 10.2. The summed E-state index contributed by atoms with van der Waals surface area (Å²) in [4.78, 5) is 0. The molecular formula is C20H40O2Si. The molecule has 2 aliphatic rings. The van der Waals surface area contributed by atoms with Gasteiger partial charge >= 0.3 is 8.56 Å². The van der Waals surface area contributed by atoms with Gasteiger partial charge in [-0.15, -0.1) is 0 Å². The highest BCUT2D eigenvalue weighted by molar-refractivity contribution is 6.70. The SMILES string of the molecule is CCCO[Si](OCC(C)(C)C)(C1CCCC1)C1CCC(C)CC1. The van der Waals surface area contributed by atoms with Gasteiger partial charge in [0.25, 0.3) is 0 Å². The van der Waals surface area contributed by atoms with Gasteiger partial charge in [0.1, 0.15) is 0 Å². The summed E-state index contributed by atoms with van der Waals surface area (Å²) in [5, 5.41) is 0. The van der Waals surface area contributed by atoms with Crippen molar-refractivity contribution in [3.8, 4) is 0 Å². The van der Waals surface area contributed by atoms with Crippen molar-refractivity contribution in [2.24, 2.45) is 11.3 Å². The van der Waals surface area contributed by atoms with Crippen LogP contribution in [0.3, 0.4) is 0 Å². The maximum Gasteiger partial charge on any atom is 0.344 e. The lowest BCUT2D eigenvalue weighted by Crippen LogP contribution is -2.53. The molecule has 0 aromatic rings. The van der Waals surface area contributed by atoms with E-state index in [4.69, 9.17) is 8.85 Å². The van der Waals surface area contributed by atoms with Crippen molar-refractivity contribution in [3.05, 3.63) is 0 Å². The standard InChI is InChI=1S/C20H40O2Si/c1-6-15-21-23(18-9-7-8-10-18,22-16-20(3,4)5)19-13-11-17(2)12-14-19/h17-19H,6-16H2,1-5H3. The minimum absolute atomic E-state index is 0.231. The minimum atomic E-state index is -2.12. The Morgan fingerprint density at radius 3 is 1.96 bits per heavy atom. The van der Waals surface area contributed by atoms with Crippen LogP contribution in [0, 0.1) is 11.3 Å². The molecule has 2 rings (SSSR count). The van der Waals surface area contributed by atoms with Crippen LogP contribution >= 0.6 is 0 Å². The first-order chi connectivity index (χ1) is 10.9. The van der Waals surface area contributed by atoms with Gasteiger partial charge in [0, 0.05) is 24.3 Å². The molecule has 0 N–H and O–H groups in total. The average molecular weight is 341 g/mol. The molecule has 2 aliphatic carbocycles. The topological polar surface area (TPSA) is 18.5 Å². The molecule has 0 heterocycles. The van der Waals surface area contributed by atoms with Crippen LogP contribution in [-0.4, -0.2) is 21.8 Å². The molecule has 0 radical (unpaired) electrons.